The van der Waals surface area contributed by atoms with E-state index in [0.717, 1.165) is 0 Å². The van der Waals surface area contributed by atoms with Crippen molar-refractivity contribution in [2.45, 2.75) is 22.8 Å². The van der Waals surface area contributed by atoms with Crippen LogP contribution in [0.15, 0.2) is 58.3 Å². The molecular weight excluding hydrogens is 406 g/mol. The highest BCUT2D eigenvalue weighted by Gasteiger charge is 2.17. The Kier molecular flexibility index (Phi) is 6.77. The Morgan fingerprint density at radius 3 is 2.04 bits per heavy atom. The Balaban J connectivity index is 1.95. The number of methoxy groups -OCH3 is 1. The summed E-state index contributed by atoms with van der Waals surface area (Å²) < 4.78 is 54.2. The number of benzene rings is 2. The molecule has 0 saturated carbocycles. The van der Waals surface area contributed by atoms with Crippen molar-refractivity contribution < 1.29 is 26.4 Å². The number of carbonyl (C=O) groups is 1. The molecule has 11 heteroatoms. The number of hydrogen-bond donors (Lipinski definition) is 3. The summed E-state index contributed by atoms with van der Waals surface area (Å²) in [5.41, 5.74) is 0.638. The summed E-state index contributed by atoms with van der Waals surface area (Å²) in [6, 6.07) is 11.0. The SMILES string of the molecule is COc1ccc(S(=O)(=O)NCC(=O)NC(C)c2ccc(S(N)(=O)=O)cc2)cc1. The molecule has 2 aromatic rings. The number of sulfonamides is 2. The number of carbonyl (C=O) groups excluding carboxylic acids is 1. The quantitative estimate of drug-likeness (QED) is 0.559. The smallest absolute Gasteiger partial charge is 0.241 e. The lowest BCUT2D eigenvalue weighted by atomic mass is 10.1. The van der Waals surface area contributed by atoms with Crippen LogP contribution in [-0.2, 0) is 24.8 Å². The highest BCUT2D eigenvalue weighted by Crippen LogP contribution is 2.16. The number of nitrogens with one attached hydrogen (secondary N) is 2. The maximum atomic E-state index is 12.2. The fraction of sp³-hybridized carbons (Fsp3) is 0.235. The fourth-order valence-electron chi connectivity index (χ4n) is 2.32. The van der Waals surface area contributed by atoms with Crippen LogP contribution in [0.5, 0.6) is 5.75 Å². The van der Waals surface area contributed by atoms with Gasteiger partial charge in [-0.1, -0.05) is 12.1 Å². The van der Waals surface area contributed by atoms with Crippen molar-refractivity contribution in [2.24, 2.45) is 5.14 Å². The van der Waals surface area contributed by atoms with Crippen LogP contribution in [0.4, 0.5) is 0 Å². The Labute approximate surface area is 164 Å². The Bertz CT molecular complexity index is 1030. The molecule has 2 rings (SSSR count). The summed E-state index contributed by atoms with van der Waals surface area (Å²) in [4.78, 5) is 12.0. The van der Waals surface area contributed by atoms with Gasteiger partial charge in [0, 0.05) is 0 Å². The first-order valence-electron chi connectivity index (χ1n) is 8.09. The molecule has 0 aromatic heterocycles. The lowest BCUT2D eigenvalue weighted by Gasteiger charge is -2.15. The van der Waals surface area contributed by atoms with Crippen molar-refractivity contribution in [3.8, 4) is 5.75 Å². The molecular formula is C17H21N3O6S2. The molecule has 0 aliphatic heterocycles. The van der Waals surface area contributed by atoms with Crippen LogP contribution in [0.2, 0.25) is 0 Å². The zero-order valence-electron chi connectivity index (χ0n) is 15.2. The molecule has 0 spiro atoms. The number of ether oxygens (including phenoxy) is 1. The second-order valence-corrected chi connectivity index (χ2v) is 9.23. The Hall–Kier alpha value is -2.47. The van der Waals surface area contributed by atoms with Gasteiger partial charge in [0.2, 0.25) is 26.0 Å². The predicted octanol–water partition coefficient (Wildman–Crippen LogP) is 0.498. The minimum absolute atomic E-state index is 0.00716. The minimum Gasteiger partial charge on any atom is -0.497 e. The van der Waals surface area contributed by atoms with Gasteiger partial charge >= 0.3 is 0 Å². The average Bonchev–Trinajstić information content (AvgIpc) is 2.66. The first kappa shape index (κ1) is 21.8. The number of rotatable bonds is 8. The van der Waals surface area contributed by atoms with Gasteiger partial charge in [-0.05, 0) is 48.9 Å². The number of primary sulfonamides is 1. The van der Waals surface area contributed by atoms with Crippen molar-refractivity contribution >= 4 is 26.0 Å². The van der Waals surface area contributed by atoms with Crippen LogP contribution in [0.1, 0.15) is 18.5 Å². The molecule has 0 aliphatic rings. The third-order valence-corrected chi connectivity index (χ3v) is 6.22. The lowest BCUT2D eigenvalue weighted by Crippen LogP contribution is -2.38. The Morgan fingerprint density at radius 1 is 1.00 bits per heavy atom. The summed E-state index contributed by atoms with van der Waals surface area (Å²) in [6.07, 6.45) is 0. The van der Waals surface area contributed by atoms with Crippen molar-refractivity contribution in [3.05, 3.63) is 54.1 Å². The first-order chi connectivity index (χ1) is 13.0. The normalized spacial score (nSPS) is 13.0. The van der Waals surface area contributed by atoms with Crippen LogP contribution < -0.4 is 19.9 Å². The standard InChI is InChI=1S/C17H21N3O6S2/c1-12(13-3-7-15(8-4-13)27(18,22)23)20-17(21)11-19-28(24,25)16-9-5-14(26-2)6-10-16/h3-10,12,19H,11H2,1-2H3,(H,20,21)(H2,18,22,23). The highest BCUT2D eigenvalue weighted by atomic mass is 32.2. The van der Waals surface area contributed by atoms with Gasteiger partial charge in [0.25, 0.3) is 0 Å². The zero-order chi connectivity index (χ0) is 20.9. The van der Waals surface area contributed by atoms with Gasteiger partial charge in [-0.25, -0.2) is 26.7 Å². The first-order valence-corrected chi connectivity index (χ1v) is 11.1. The van der Waals surface area contributed by atoms with E-state index in [1.807, 2.05) is 0 Å². The van der Waals surface area contributed by atoms with Gasteiger partial charge in [0.15, 0.2) is 0 Å². The van der Waals surface area contributed by atoms with Gasteiger partial charge in [0.05, 0.1) is 29.5 Å². The fourth-order valence-corrected chi connectivity index (χ4v) is 3.82. The van der Waals surface area contributed by atoms with E-state index in [2.05, 4.69) is 10.0 Å². The average molecular weight is 428 g/mol. The van der Waals surface area contributed by atoms with Gasteiger partial charge in [-0.2, -0.15) is 0 Å². The summed E-state index contributed by atoms with van der Waals surface area (Å²) in [6.45, 7) is 1.23. The largest absolute Gasteiger partial charge is 0.497 e. The minimum atomic E-state index is -3.85. The van der Waals surface area contributed by atoms with Gasteiger partial charge < -0.3 is 10.1 Å². The summed E-state index contributed by atoms with van der Waals surface area (Å²) in [5.74, 6) is -0.0286. The maximum absolute atomic E-state index is 12.2. The topological polar surface area (TPSA) is 145 Å². The molecule has 0 heterocycles. The van der Waals surface area contributed by atoms with Crippen LogP contribution >= 0.6 is 0 Å². The summed E-state index contributed by atoms with van der Waals surface area (Å²) in [5, 5.41) is 7.67. The molecule has 152 valence electrons. The van der Waals surface area contributed by atoms with Crippen molar-refractivity contribution in [1.29, 1.82) is 0 Å². The molecule has 1 unspecified atom stereocenters. The van der Waals surface area contributed by atoms with E-state index in [0.29, 0.717) is 11.3 Å². The summed E-state index contributed by atoms with van der Waals surface area (Å²) in [7, 11) is -6.18. The number of amides is 1. The Morgan fingerprint density at radius 2 is 1.54 bits per heavy atom. The second kappa shape index (κ2) is 8.69. The molecule has 0 aliphatic carbocycles. The van der Waals surface area contributed by atoms with E-state index >= 15 is 0 Å². The molecule has 0 fully saturated rings. The molecule has 4 N–H and O–H groups in total. The molecule has 28 heavy (non-hydrogen) atoms. The lowest BCUT2D eigenvalue weighted by molar-refractivity contribution is -0.120. The van der Waals surface area contributed by atoms with E-state index in [1.165, 1.54) is 55.6 Å². The maximum Gasteiger partial charge on any atom is 0.241 e. The monoisotopic (exact) mass is 427 g/mol. The molecule has 1 atom stereocenters. The molecule has 0 bridgehead atoms. The third kappa shape index (κ3) is 5.76. The van der Waals surface area contributed by atoms with Crippen molar-refractivity contribution in [2.75, 3.05) is 13.7 Å². The van der Waals surface area contributed by atoms with Crippen LogP contribution in [0.3, 0.4) is 0 Å². The molecule has 9 nitrogen and oxygen atoms in total. The number of nitrogens with two attached hydrogens (primary N) is 1. The predicted molar refractivity (Wildman–Crippen MR) is 103 cm³/mol. The van der Waals surface area contributed by atoms with Crippen LogP contribution in [0, 0.1) is 0 Å². The molecule has 0 radical (unpaired) electrons. The van der Waals surface area contributed by atoms with Gasteiger partial charge in [-0.15, -0.1) is 0 Å². The highest BCUT2D eigenvalue weighted by molar-refractivity contribution is 7.89. The third-order valence-electron chi connectivity index (χ3n) is 3.88. The van der Waals surface area contributed by atoms with Crippen molar-refractivity contribution in [3.63, 3.8) is 0 Å². The van der Waals surface area contributed by atoms with E-state index in [4.69, 9.17) is 9.88 Å². The molecule has 1 amide bonds. The van der Waals surface area contributed by atoms with E-state index < -0.39 is 38.5 Å². The van der Waals surface area contributed by atoms with E-state index in [9.17, 15) is 21.6 Å². The van der Waals surface area contributed by atoms with Crippen LogP contribution in [-0.4, -0.2) is 36.4 Å². The van der Waals surface area contributed by atoms with Gasteiger partial charge in [0.1, 0.15) is 5.75 Å². The van der Waals surface area contributed by atoms with Gasteiger partial charge in [-0.3, -0.25) is 4.79 Å². The second-order valence-electron chi connectivity index (χ2n) is 5.90. The van der Waals surface area contributed by atoms with Crippen LogP contribution in [0.25, 0.3) is 0 Å². The molecule has 0 saturated heterocycles. The van der Waals surface area contributed by atoms with E-state index in [-0.39, 0.29) is 9.79 Å². The molecule has 2 aromatic carbocycles. The summed E-state index contributed by atoms with van der Waals surface area (Å²) >= 11 is 0. The van der Waals surface area contributed by atoms with E-state index in [1.54, 1.807) is 6.92 Å². The zero-order valence-corrected chi connectivity index (χ0v) is 16.9. The number of hydrogen-bond acceptors (Lipinski definition) is 6. The van der Waals surface area contributed by atoms with Crippen molar-refractivity contribution in [1.82, 2.24) is 10.0 Å².